The Hall–Kier alpha value is -3.45. The van der Waals surface area contributed by atoms with Gasteiger partial charge in [-0.2, -0.15) is 0 Å². The first-order valence-electron chi connectivity index (χ1n) is 11.2. The lowest BCUT2D eigenvalue weighted by Gasteiger charge is -2.34. The third kappa shape index (κ3) is 2.69. The monoisotopic (exact) mass is 446 g/mol. The van der Waals surface area contributed by atoms with Crippen LogP contribution in [0, 0.1) is 13.8 Å². The summed E-state index contributed by atoms with van der Waals surface area (Å²) in [6.07, 6.45) is 0.736. The van der Waals surface area contributed by atoms with Crippen LogP contribution in [0.4, 0.5) is 5.69 Å². The first kappa shape index (κ1) is 21.4. The van der Waals surface area contributed by atoms with E-state index in [4.69, 9.17) is 9.15 Å². The number of amides is 2. The van der Waals surface area contributed by atoms with E-state index in [1.807, 2.05) is 45.0 Å². The maximum atomic E-state index is 14.2. The highest BCUT2D eigenvalue weighted by Crippen LogP contribution is 2.52. The minimum atomic E-state index is -1.57. The van der Waals surface area contributed by atoms with E-state index >= 15 is 0 Å². The smallest absolute Gasteiger partial charge is 0.291 e. The molecule has 2 amide bonds. The Morgan fingerprint density at radius 2 is 1.76 bits per heavy atom. The topological polar surface area (TPSA) is 80.1 Å². The second kappa shape index (κ2) is 7.56. The van der Waals surface area contributed by atoms with Crippen LogP contribution in [0.15, 0.2) is 45.6 Å². The summed E-state index contributed by atoms with van der Waals surface area (Å²) in [6.45, 7) is 6.69. The molecule has 2 aliphatic heterocycles. The Kier molecular flexibility index (Phi) is 4.90. The van der Waals surface area contributed by atoms with E-state index in [1.165, 1.54) is 12.0 Å². The lowest BCUT2D eigenvalue weighted by Crippen LogP contribution is -2.54. The normalized spacial score (nSPS) is 19.2. The van der Waals surface area contributed by atoms with E-state index in [0.29, 0.717) is 28.8 Å². The van der Waals surface area contributed by atoms with E-state index in [1.54, 1.807) is 17.0 Å². The zero-order valence-corrected chi connectivity index (χ0v) is 19.2. The lowest BCUT2D eigenvalue weighted by atomic mass is 9.84. The SMILES string of the molecule is CCCN1C(=O)[C@]2(c3ccccc31)c1c(oc3cc(C)c(C)cc3c1=O)C(=O)N2CCOC. The van der Waals surface area contributed by atoms with Crippen LogP contribution in [-0.2, 0) is 15.1 Å². The van der Waals surface area contributed by atoms with Crippen molar-refractivity contribution in [2.75, 3.05) is 31.7 Å². The van der Waals surface area contributed by atoms with Gasteiger partial charge in [0.2, 0.25) is 5.76 Å². The van der Waals surface area contributed by atoms with Crippen molar-refractivity contribution in [3.8, 4) is 0 Å². The van der Waals surface area contributed by atoms with Gasteiger partial charge >= 0.3 is 0 Å². The molecule has 170 valence electrons. The molecular weight excluding hydrogens is 420 g/mol. The van der Waals surface area contributed by atoms with Crippen LogP contribution in [0.1, 0.15) is 46.2 Å². The molecule has 0 fully saturated rings. The number of fused-ring (bicyclic) bond motifs is 5. The standard InChI is InChI=1S/C26H26N2O5/c1-5-10-27-19-9-7-6-8-18(19)26(25(27)31)21-22(29)17-13-15(2)16(3)14-20(17)33-23(21)24(30)28(26)11-12-32-4/h6-9,13-14H,5,10-12H2,1-4H3/t26-/m0/s1. The molecule has 2 aromatic carbocycles. The highest BCUT2D eigenvalue weighted by Gasteiger charge is 2.64. The van der Waals surface area contributed by atoms with Crippen molar-refractivity contribution >= 4 is 28.5 Å². The zero-order valence-electron chi connectivity index (χ0n) is 19.2. The molecule has 1 aromatic heterocycles. The summed E-state index contributed by atoms with van der Waals surface area (Å²) in [5.74, 6) is -0.835. The summed E-state index contributed by atoms with van der Waals surface area (Å²) in [7, 11) is 1.54. The van der Waals surface area contributed by atoms with Crippen molar-refractivity contribution in [3.63, 3.8) is 0 Å². The van der Waals surface area contributed by atoms with Gasteiger partial charge in [-0.05, 0) is 49.6 Å². The maximum absolute atomic E-state index is 14.2. The molecular formula is C26H26N2O5. The molecule has 1 atom stereocenters. The van der Waals surface area contributed by atoms with Gasteiger partial charge in [0.05, 0.1) is 23.2 Å². The second-order valence-corrected chi connectivity index (χ2v) is 8.70. The van der Waals surface area contributed by atoms with Gasteiger partial charge in [-0.25, -0.2) is 0 Å². The average molecular weight is 447 g/mol. The van der Waals surface area contributed by atoms with Crippen molar-refractivity contribution in [3.05, 3.63) is 74.6 Å². The number of hydrogen-bond acceptors (Lipinski definition) is 5. The number of rotatable bonds is 5. The third-order valence-corrected chi connectivity index (χ3v) is 6.82. The predicted molar refractivity (Wildman–Crippen MR) is 125 cm³/mol. The number of hydrogen-bond donors (Lipinski definition) is 0. The molecule has 1 spiro atoms. The number of methoxy groups -OCH3 is 1. The van der Waals surface area contributed by atoms with Crippen molar-refractivity contribution in [2.24, 2.45) is 0 Å². The summed E-state index contributed by atoms with van der Waals surface area (Å²) >= 11 is 0. The molecule has 5 rings (SSSR count). The fourth-order valence-electron chi connectivity index (χ4n) is 5.17. The van der Waals surface area contributed by atoms with Crippen LogP contribution in [-0.4, -0.2) is 43.5 Å². The van der Waals surface area contributed by atoms with Gasteiger partial charge < -0.3 is 19.0 Å². The molecule has 7 heteroatoms. The molecule has 0 aliphatic carbocycles. The second-order valence-electron chi connectivity index (χ2n) is 8.70. The number of ether oxygens (including phenoxy) is 1. The average Bonchev–Trinajstić information content (AvgIpc) is 3.19. The molecule has 0 radical (unpaired) electrons. The van der Waals surface area contributed by atoms with Crippen LogP contribution in [0.25, 0.3) is 11.0 Å². The van der Waals surface area contributed by atoms with Gasteiger partial charge in [0.15, 0.2) is 11.0 Å². The molecule has 3 heterocycles. The Bertz CT molecular complexity index is 1380. The highest BCUT2D eigenvalue weighted by atomic mass is 16.5. The van der Waals surface area contributed by atoms with Crippen LogP contribution < -0.4 is 10.3 Å². The summed E-state index contributed by atoms with van der Waals surface area (Å²) < 4.78 is 11.3. The van der Waals surface area contributed by atoms with E-state index < -0.39 is 11.4 Å². The number of nitrogens with zero attached hydrogens (tertiary/aromatic N) is 2. The summed E-state index contributed by atoms with van der Waals surface area (Å²) in [4.78, 5) is 45.0. The number of carbonyl (C=O) groups is 2. The molecule has 0 saturated carbocycles. The maximum Gasteiger partial charge on any atom is 0.291 e. The van der Waals surface area contributed by atoms with Gasteiger partial charge in [0.25, 0.3) is 11.8 Å². The van der Waals surface area contributed by atoms with Crippen molar-refractivity contribution < 1.29 is 18.7 Å². The molecule has 0 N–H and O–H groups in total. The summed E-state index contributed by atoms with van der Waals surface area (Å²) in [5, 5.41) is 0.372. The zero-order chi connectivity index (χ0) is 23.5. The number of benzene rings is 2. The number of carbonyl (C=O) groups excluding carboxylic acids is 2. The van der Waals surface area contributed by atoms with E-state index in [-0.39, 0.29) is 35.8 Å². The number of aryl methyl sites for hydroxylation is 2. The van der Waals surface area contributed by atoms with Crippen molar-refractivity contribution in [2.45, 2.75) is 32.7 Å². The molecule has 0 bridgehead atoms. The summed E-state index contributed by atoms with van der Waals surface area (Å²) in [6, 6.07) is 10.9. The Morgan fingerprint density at radius 3 is 2.48 bits per heavy atom. The fourth-order valence-corrected chi connectivity index (χ4v) is 5.17. The molecule has 2 aliphatic rings. The molecule has 0 unspecified atom stereocenters. The summed E-state index contributed by atoms with van der Waals surface area (Å²) in [5.41, 5.74) is 1.79. The molecule has 7 nitrogen and oxygen atoms in total. The lowest BCUT2D eigenvalue weighted by molar-refractivity contribution is -0.126. The van der Waals surface area contributed by atoms with Crippen LogP contribution in [0.3, 0.4) is 0 Å². The Labute approximate surface area is 191 Å². The van der Waals surface area contributed by atoms with Crippen LogP contribution >= 0.6 is 0 Å². The molecule has 33 heavy (non-hydrogen) atoms. The van der Waals surface area contributed by atoms with E-state index in [0.717, 1.165) is 17.5 Å². The van der Waals surface area contributed by atoms with E-state index in [9.17, 15) is 14.4 Å². The van der Waals surface area contributed by atoms with Gasteiger partial charge in [0.1, 0.15) is 5.58 Å². The number of anilines is 1. The van der Waals surface area contributed by atoms with Gasteiger partial charge in [-0.3, -0.25) is 14.4 Å². The third-order valence-electron chi connectivity index (χ3n) is 6.82. The Morgan fingerprint density at radius 1 is 1.03 bits per heavy atom. The van der Waals surface area contributed by atoms with Gasteiger partial charge in [-0.15, -0.1) is 0 Å². The highest BCUT2D eigenvalue weighted by molar-refractivity contribution is 6.17. The number of para-hydroxylation sites is 1. The fraction of sp³-hybridized carbons (Fsp3) is 0.346. The quantitative estimate of drug-likeness (QED) is 0.599. The predicted octanol–water partition coefficient (Wildman–Crippen LogP) is 3.51. The minimum Gasteiger partial charge on any atom is -0.450 e. The Balaban J connectivity index is 1.90. The first-order chi connectivity index (χ1) is 15.9. The molecule has 3 aromatic rings. The van der Waals surface area contributed by atoms with Crippen LogP contribution in [0.2, 0.25) is 0 Å². The largest absolute Gasteiger partial charge is 0.450 e. The van der Waals surface area contributed by atoms with Crippen molar-refractivity contribution in [1.29, 1.82) is 0 Å². The van der Waals surface area contributed by atoms with E-state index in [2.05, 4.69) is 0 Å². The molecule has 0 saturated heterocycles. The van der Waals surface area contributed by atoms with Gasteiger partial charge in [-0.1, -0.05) is 25.1 Å². The minimum absolute atomic E-state index is 0.0617. The van der Waals surface area contributed by atoms with Crippen molar-refractivity contribution in [1.82, 2.24) is 4.90 Å². The van der Waals surface area contributed by atoms with Crippen LogP contribution in [0.5, 0.6) is 0 Å². The first-order valence-corrected chi connectivity index (χ1v) is 11.2. The van der Waals surface area contributed by atoms with Gasteiger partial charge in [0, 0.05) is 25.8 Å².